The topological polar surface area (TPSA) is 65.5 Å². The van der Waals surface area contributed by atoms with Gasteiger partial charge in [0.25, 0.3) is 0 Å². The molecule has 1 aromatic heterocycles. The Balaban J connectivity index is 1.24. The summed E-state index contributed by atoms with van der Waals surface area (Å²) in [5.74, 6) is 2.54. The van der Waals surface area contributed by atoms with Gasteiger partial charge in [-0.25, -0.2) is 4.98 Å². The fourth-order valence-corrected chi connectivity index (χ4v) is 5.73. The Hall–Kier alpha value is -2.90. The van der Waals surface area contributed by atoms with Gasteiger partial charge in [0.15, 0.2) is 0 Å². The number of carbonyl (C=O) groups excluding carboxylic acids is 2. The van der Waals surface area contributed by atoms with Gasteiger partial charge in [-0.15, -0.1) is 0 Å². The smallest absolute Gasteiger partial charge is 0.246 e. The molecular weight excluding hydrogens is 432 g/mol. The second kappa shape index (κ2) is 9.93. The average Bonchev–Trinajstić information content (AvgIpc) is 3.18. The summed E-state index contributed by atoms with van der Waals surface area (Å²) in [6, 6.07) is 12.3. The molecule has 170 valence electrons. The van der Waals surface area contributed by atoms with Crippen molar-refractivity contribution in [3.63, 3.8) is 0 Å². The lowest BCUT2D eigenvalue weighted by Gasteiger charge is -2.31. The van der Waals surface area contributed by atoms with Gasteiger partial charge in [-0.1, -0.05) is 36.4 Å². The molecule has 0 bridgehead atoms. The van der Waals surface area contributed by atoms with E-state index in [1.54, 1.807) is 12.3 Å². The Morgan fingerprint density at radius 2 is 2.06 bits per heavy atom. The average molecular weight is 461 g/mol. The molecule has 1 saturated heterocycles. The highest BCUT2D eigenvalue weighted by Crippen LogP contribution is 2.27. The third-order valence-electron chi connectivity index (χ3n) is 6.46. The van der Waals surface area contributed by atoms with Crippen molar-refractivity contribution in [3.8, 4) is 0 Å². The van der Waals surface area contributed by atoms with Crippen LogP contribution in [0, 0.1) is 0 Å². The van der Waals surface area contributed by atoms with E-state index < -0.39 is 0 Å². The van der Waals surface area contributed by atoms with Crippen molar-refractivity contribution in [1.29, 1.82) is 0 Å². The van der Waals surface area contributed by atoms with Crippen LogP contribution in [0.3, 0.4) is 0 Å². The van der Waals surface area contributed by atoms with E-state index in [1.807, 2.05) is 34.9 Å². The minimum Gasteiger partial charge on any atom is -0.339 e. The normalized spacial score (nSPS) is 21.5. The maximum absolute atomic E-state index is 12.9. The summed E-state index contributed by atoms with van der Waals surface area (Å²) >= 11 is 1.82. The fraction of sp³-hybridized carbons (Fsp3) is 0.346. The standard InChI is InChI=1S/C26H28N4O2S/c31-24(29-11-4-7-21(10-12-29)20-5-2-1-3-6-20)9-8-19-15-22-17-30-13-14-33-18-23(30)26(32)28-25(22)27-16-19/h1-3,5-9,15-16,23H,4,10-14,17-18H2,(H,27,28,32). The number of rotatable bonds is 3. The first-order valence-electron chi connectivity index (χ1n) is 11.5. The first kappa shape index (κ1) is 21.9. The number of hydrogen-bond acceptors (Lipinski definition) is 5. The number of fused-ring (bicyclic) bond motifs is 2. The van der Waals surface area contributed by atoms with Crippen LogP contribution in [-0.4, -0.2) is 63.8 Å². The van der Waals surface area contributed by atoms with E-state index in [-0.39, 0.29) is 17.9 Å². The molecule has 1 fully saturated rings. The SMILES string of the molecule is O=C1Nc2ncc(C=CC(=O)N3CCC=C(c4ccccc4)CC3)cc2CN2CCSCC12. The summed E-state index contributed by atoms with van der Waals surface area (Å²) in [4.78, 5) is 34.1. The van der Waals surface area contributed by atoms with Gasteiger partial charge in [0.1, 0.15) is 5.82 Å². The number of pyridine rings is 1. The van der Waals surface area contributed by atoms with Crippen LogP contribution in [-0.2, 0) is 16.1 Å². The monoisotopic (exact) mass is 460 g/mol. The van der Waals surface area contributed by atoms with Gasteiger partial charge >= 0.3 is 0 Å². The van der Waals surface area contributed by atoms with Crippen LogP contribution in [0.4, 0.5) is 5.82 Å². The number of anilines is 1. The predicted molar refractivity (Wildman–Crippen MR) is 134 cm³/mol. The van der Waals surface area contributed by atoms with E-state index in [2.05, 4.69) is 45.5 Å². The first-order chi connectivity index (χ1) is 16.2. The molecule has 5 rings (SSSR count). The van der Waals surface area contributed by atoms with Gasteiger partial charge in [0.05, 0.1) is 6.04 Å². The molecule has 3 aliphatic heterocycles. The molecule has 0 saturated carbocycles. The molecule has 1 aromatic carbocycles. The number of carbonyl (C=O) groups is 2. The van der Waals surface area contributed by atoms with Gasteiger partial charge in [-0.3, -0.25) is 14.5 Å². The molecule has 0 radical (unpaired) electrons. The minimum atomic E-state index is -0.101. The highest BCUT2D eigenvalue weighted by atomic mass is 32.2. The van der Waals surface area contributed by atoms with E-state index in [0.717, 1.165) is 48.6 Å². The highest BCUT2D eigenvalue weighted by molar-refractivity contribution is 7.99. The van der Waals surface area contributed by atoms with Crippen molar-refractivity contribution in [2.24, 2.45) is 0 Å². The lowest BCUT2D eigenvalue weighted by atomic mass is 10.0. The quantitative estimate of drug-likeness (QED) is 0.708. The third-order valence-corrected chi connectivity index (χ3v) is 7.48. The fourth-order valence-electron chi connectivity index (χ4n) is 4.61. The van der Waals surface area contributed by atoms with Crippen LogP contribution >= 0.6 is 11.8 Å². The molecule has 2 aromatic rings. The summed E-state index contributed by atoms with van der Waals surface area (Å²) in [5.41, 5.74) is 4.42. The third kappa shape index (κ3) is 5.04. The van der Waals surface area contributed by atoms with E-state index in [1.165, 1.54) is 11.1 Å². The van der Waals surface area contributed by atoms with Crippen LogP contribution in [0.25, 0.3) is 11.6 Å². The van der Waals surface area contributed by atoms with Crippen molar-refractivity contribution in [2.75, 3.05) is 36.5 Å². The van der Waals surface area contributed by atoms with Crippen LogP contribution in [0.15, 0.2) is 54.7 Å². The molecule has 4 heterocycles. The number of benzene rings is 1. The zero-order valence-corrected chi connectivity index (χ0v) is 19.4. The molecule has 2 amide bonds. The van der Waals surface area contributed by atoms with Gasteiger partial charge < -0.3 is 10.2 Å². The number of aromatic nitrogens is 1. The van der Waals surface area contributed by atoms with Crippen LogP contribution in [0.1, 0.15) is 29.5 Å². The molecule has 33 heavy (non-hydrogen) atoms. The highest BCUT2D eigenvalue weighted by Gasteiger charge is 2.33. The van der Waals surface area contributed by atoms with Gasteiger partial charge in [-0.05, 0) is 41.7 Å². The first-order valence-corrected chi connectivity index (χ1v) is 12.7. The summed E-state index contributed by atoms with van der Waals surface area (Å²) in [5, 5.41) is 2.98. The van der Waals surface area contributed by atoms with Gasteiger partial charge in [0.2, 0.25) is 11.8 Å². The Labute approximate surface area is 198 Å². The largest absolute Gasteiger partial charge is 0.339 e. The Morgan fingerprint density at radius 1 is 1.18 bits per heavy atom. The van der Waals surface area contributed by atoms with E-state index >= 15 is 0 Å². The summed E-state index contributed by atoms with van der Waals surface area (Å²) < 4.78 is 0. The summed E-state index contributed by atoms with van der Waals surface area (Å²) in [6.07, 6.45) is 9.18. The van der Waals surface area contributed by atoms with Gasteiger partial charge in [0, 0.05) is 55.5 Å². The Morgan fingerprint density at radius 3 is 2.94 bits per heavy atom. The van der Waals surface area contributed by atoms with E-state index in [0.29, 0.717) is 18.9 Å². The molecule has 0 spiro atoms. The van der Waals surface area contributed by atoms with E-state index in [4.69, 9.17) is 0 Å². The van der Waals surface area contributed by atoms with E-state index in [9.17, 15) is 9.59 Å². The number of thioether (sulfide) groups is 1. The second-order valence-corrected chi connectivity index (χ2v) is 9.77. The van der Waals surface area contributed by atoms with Crippen molar-refractivity contribution >= 4 is 41.0 Å². The molecular formula is C26H28N4O2S. The molecule has 6 nitrogen and oxygen atoms in total. The lowest BCUT2D eigenvalue weighted by molar-refractivity contribution is -0.125. The number of amides is 2. The summed E-state index contributed by atoms with van der Waals surface area (Å²) in [7, 11) is 0. The number of nitrogens with zero attached hydrogens (tertiary/aromatic N) is 3. The minimum absolute atomic E-state index is 0.0223. The van der Waals surface area contributed by atoms with Crippen LogP contribution in [0.5, 0.6) is 0 Å². The molecule has 3 aliphatic rings. The number of hydrogen-bond donors (Lipinski definition) is 1. The predicted octanol–water partition coefficient (Wildman–Crippen LogP) is 3.67. The Kier molecular flexibility index (Phi) is 6.60. The Bertz CT molecular complexity index is 1100. The second-order valence-electron chi connectivity index (χ2n) is 8.62. The van der Waals surface area contributed by atoms with Crippen LogP contribution < -0.4 is 5.32 Å². The van der Waals surface area contributed by atoms with Crippen LogP contribution in [0.2, 0.25) is 0 Å². The van der Waals surface area contributed by atoms with Crippen molar-refractivity contribution in [2.45, 2.75) is 25.4 Å². The van der Waals surface area contributed by atoms with Gasteiger partial charge in [-0.2, -0.15) is 11.8 Å². The zero-order valence-electron chi connectivity index (χ0n) is 18.6. The molecule has 0 aliphatic carbocycles. The molecule has 1 unspecified atom stereocenters. The van der Waals surface area contributed by atoms with Crippen molar-refractivity contribution in [3.05, 3.63) is 71.4 Å². The maximum Gasteiger partial charge on any atom is 0.246 e. The molecule has 1 atom stereocenters. The molecule has 1 N–H and O–H groups in total. The van der Waals surface area contributed by atoms with Crippen molar-refractivity contribution < 1.29 is 9.59 Å². The lowest BCUT2D eigenvalue weighted by Crippen LogP contribution is -2.47. The maximum atomic E-state index is 12.9. The molecule has 7 heteroatoms. The van der Waals surface area contributed by atoms with Crippen molar-refractivity contribution in [1.82, 2.24) is 14.8 Å². The number of nitrogens with one attached hydrogen (secondary N) is 1. The summed E-state index contributed by atoms with van der Waals surface area (Å²) in [6.45, 7) is 3.03. The zero-order chi connectivity index (χ0) is 22.6.